The molecule has 3 aromatic rings. The first-order valence-corrected chi connectivity index (χ1v) is 6.51. The van der Waals surface area contributed by atoms with Gasteiger partial charge in [-0.2, -0.15) is 5.10 Å². The maximum Gasteiger partial charge on any atom is 0.320 e. The summed E-state index contributed by atoms with van der Waals surface area (Å²) < 4.78 is 13.0. The van der Waals surface area contributed by atoms with Crippen molar-refractivity contribution in [2.75, 3.05) is 11.1 Å². The fourth-order valence-corrected chi connectivity index (χ4v) is 1.99. The number of anilines is 2. The van der Waals surface area contributed by atoms with Crippen molar-refractivity contribution >= 4 is 28.6 Å². The molecule has 0 aliphatic carbocycles. The first-order valence-electron chi connectivity index (χ1n) is 6.51. The second-order valence-corrected chi connectivity index (χ2v) is 4.66. The molecule has 0 aliphatic heterocycles. The number of aromatic amines is 1. The van der Waals surface area contributed by atoms with Crippen molar-refractivity contribution in [3.8, 4) is 0 Å². The quantitative estimate of drug-likeness (QED) is 0.593. The van der Waals surface area contributed by atoms with Gasteiger partial charge in [-0.05, 0) is 17.7 Å². The average molecular weight is 300 g/mol. The number of nitrogens with two attached hydrogens (primary N) is 1. The highest BCUT2D eigenvalue weighted by molar-refractivity contribution is 5.93. The van der Waals surface area contributed by atoms with Gasteiger partial charge < -0.3 is 11.1 Å². The van der Waals surface area contributed by atoms with E-state index in [0.717, 1.165) is 0 Å². The summed E-state index contributed by atoms with van der Waals surface area (Å²) in [6, 6.07) is 7.20. The number of hydrogen-bond acceptors (Lipinski definition) is 4. The number of amides is 2. The molecular weight excluding hydrogens is 287 g/mol. The molecule has 5 N–H and O–H groups in total. The number of rotatable bonds is 3. The fourth-order valence-electron chi connectivity index (χ4n) is 1.99. The smallest absolute Gasteiger partial charge is 0.320 e. The van der Waals surface area contributed by atoms with Crippen molar-refractivity contribution in [2.45, 2.75) is 6.54 Å². The molecule has 8 heteroatoms. The van der Waals surface area contributed by atoms with Crippen molar-refractivity contribution < 1.29 is 9.18 Å². The van der Waals surface area contributed by atoms with Gasteiger partial charge in [-0.15, -0.1) is 0 Å². The van der Waals surface area contributed by atoms with E-state index in [-0.39, 0.29) is 12.4 Å². The van der Waals surface area contributed by atoms with Crippen LogP contribution in [0.15, 0.2) is 36.5 Å². The van der Waals surface area contributed by atoms with Crippen molar-refractivity contribution in [1.82, 2.24) is 20.5 Å². The van der Waals surface area contributed by atoms with E-state index in [0.29, 0.717) is 28.1 Å². The zero-order chi connectivity index (χ0) is 15.5. The van der Waals surface area contributed by atoms with Gasteiger partial charge in [0.05, 0.1) is 10.9 Å². The van der Waals surface area contributed by atoms with Gasteiger partial charge in [0, 0.05) is 18.8 Å². The molecule has 7 nitrogen and oxygen atoms in total. The largest absolute Gasteiger partial charge is 0.382 e. The Morgan fingerprint density at radius 2 is 2.23 bits per heavy atom. The third-order valence-corrected chi connectivity index (χ3v) is 3.06. The number of benzene rings is 1. The van der Waals surface area contributed by atoms with E-state index < -0.39 is 6.03 Å². The molecule has 0 aliphatic rings. The molecule has 0 spiro atoms. The maximum atomic E-state index is 13.0. The SMILES string of the molecule is Nc1n[nH]c2cc(NC(=O)NCc3cccc(F)c3)ncc12. The highest BCUT2D eigenvalue weighted by atomic mass is 19.1. The monoisotopic (exact) mass is 300 g/mol. The lowest BCUT2D eigenvalue weighted by molar-refractivity contribution is 0.251. The van der Waals surface area contributed by atoms with Gasteiger partial charge in [-0.25, -0.2) is 14.2 Å². The third kappa shape index (κ3) is 2.95. The highest BCUT2D eigenvalue weighted by Gasteiger charge is 2.07. The molecule has 22 heavy (non-hydrogen) atoms. The normalized spacial score (nSPS) is 10.6. The third-order valence-electron chi connectivity index (χ3n) is 3.06. The summed E-state index contributed by atoms with van der Waals surface area (Å²) in [5.74, 6) is 0.362. The lowest BCUT2D eigenvalue weighted by Gasteiger charge is -2.07. The van der Waals surface area contributed by atoms with Gasteiger partial charge in [0.15, 0.2) is 5.82 Å². The van der Waals surface area contributed by atoms with Gasteiger partial charge in [-0.1, -0.05) is 12.1 Å². The Bertz CT molecular complexity index is 831. The Kier molecular flexibility index (Phi) is 3.57. The maximum absolute atomic E-state index is 13.0. The Balaban J connectivity index is 1.63. The number of nitrogens with zero attached hydrogens (tertiary/aromatic N) is 2. The lowest BCUT2D eigenvalue weighted by atomic mass is 10.2. The van der Waals surface area contributed by atoms with Crippen LogP contribution in [0.3, 0.4) is 0 Å². The van der Waals surface area contributed by atoms with Crippen molar-refractivity contribution in [1.29, 1.82) is 0 Å². The molecule has 0 radical (unpaired) electrons. The van der Waals surface area contributed by atoms with Crippen LogP contribution in [0.5, 0.6) is 0 Å². The van der Waals surface area contributed by atoms with Crippen LogP contribution in [0, 0.1) is 5.82 Å². The molecule has 2 amide bonds. The number of urea groups is 1. The number of aromatic nitrogens is 3. The number of nitrogen functional groups attached to an aromatic ring is 1. The zero-order valence-corrected chi connectivity index (χ0v) is 11.4. The lowest BCUT2D eigenvalue weighted by Crippen LogP contribution is -2.28. The van der Waals surface area contributed by atoms with Crippen LogP contribution in [0.2, 0.25) is 0 Å². The second-order valence-electron chi connectivity index (χ2n) is 4.66. The molecule has 2 heterocycles. The summed E-state index contributed by atoms with van der Waals surface area (Å²) in [7, 11) is 0. The van der Waals surface area contributed by atoms with Crippen LogP contribution in [-0.2, 0) is 6.54 Å². The summed E-state index contributed by atoms with van der Waals surface area (Å²) >= 11 is 0. The number of pyridine rings is 1. The van der Waals surface area contributed by atoms with E-state index in [1.807, 2.05) is 0 Å². The highest BCUT2D eigenvalue weighted by Crippen LogP contribution is 2.18. The standard InChI is InChI=1S/C14H13FN6O/c15-9-3-1-2-8(4-9)6-18-14(22)19-12-5-11-10(7-17-12)13(16)21-20-11/h1-5,7H,6H2,(H3,16,20,21)(H2,17,18,19,22). The number of fused-ring (bicyclic) bond motifs is 1. The summed E-state index contributed by atoms with van der Waals surface area (Å²) in [6.07, 6.45) is 1.52. The first-order chi connectivity index (χ1) is 10.6. The van der Waals surface area contributed by atoms with E-state index in [9.17, 15) is 9.18 Å². The Hall–Kier alpha value is -3.16. The minimum atomic E-state index is -0.441. The second kappa shape index (κ2) is 5.68. The molecule has 2 aromatic heterocycles. The summed E-state index contributed by atoms with van der Waals surface area (Å²) in [5.41, 5.74) is 6.98. The van der Waals surface area contributed by atoms with Gasteiger partial charge in [0.25, 0.3) is 0 Å². The molecule has 0 fully saturated rings. The minimum Gasteiger partial charge on any atom is -0.382 e. The van der Waals surface area contributed by atoms with Crippen LogP contribution < -0.4 is 16.4 Å². The van der Waals surface area contributed by atoms with E-state index in [4.69, 9.17) is 5.73 Å². The van der Waals surface area contributed by atoms with Gasteiger partial charge in [0.2, 0.25) is 0 Å². The van der Waals surface area contributed by atoms with Crippen LogP contribution in [0.4, 0.5) is 20.8 Å². The van der Waals surface area contributed by atoms with Gasteiger partial charge in [-0.3, -0.25) is 10.4 Å². The van der Waals surface area contributed by atoms with Crippen LogP contribution in [0.25, 0.3) is 10.9 Å². The number of carbonyl (C=O) groups excluding carboxylic acids is 1. The molecule has 1 aromatic carbocycles. The van der Waals surface area contributed by atoms with Gasteiger partial charge in [0.1, 0.15) is 11.6 Å². The number of halogens is 1. The Labute approximate surface area is 124 Å². The molecule has 0 bridgehead atoms. The molecule has 0 saturated heterocycles. The molecular formula is C14H13FN6O. The number of H-pyrrole nitrogens is 1. The zero-order valence-electron chi connectivity index (χ0n) is 11.4. The predicted octanol–water partition coefficient (Wildman–Crippen LogP) is 2.00. The van der Waals surface area contributed by atoms with E-state index >= 15 is 0 Å². The Morgan fingerprint density at radius 3 is 3.05 bits per heavy atom. The summed E-state index contributed by atoms with van der Waals surface area (Å²) in [6.45, 7) is 0.211. The molecule has 0 atom stereocenters. The fraction of sp³-hybridized carbons (Fsp3) is 0.0714. The predicted molar refractivity (Wildman–Crippen MR) is 80.6 cm³/mol. The summed E-state index contributed by atoms with van der Waals surface area (Å²) in [4.78, 5) is 15.9. The molecule has 112 valence electrons. The Morgan fingerprint density at radius 1 is 1.36 bits per heavy atom. The first kappa shape index (κ1) is 13.8. The van der Waals surface area contributed by atoms with Crippen molar-refractivity contribution in [2.24, 2.45) is 0 Å². The number of nitrogens with one attached hydrogen (secondary N) is 3. The number of carbonyl (C=O) groups is 1. The van der Waals surface area contributed by atoms with Crippen molar-refractivity contribution in [3.05, 3.63) is 47.9 Å². The van der Waals surface area contributed by atoms with E-state index in [1.165, 1.54) is 18.3 Å². The molecule has 0 unspecified atom stereocenters. The molecule has 0 saturated carbocycles. The van der Waals surface area contributed by atoms with E-state index in [2.05, 4.69) is 25.8 Å². The average Bonchev–Trinajstić information content (AvgIpc) is 2.86. The van der Waals surface area contributed by atoms with Crippen molar-refractivity contribution in [3.63, 3.8) is 0 Å². The number of hydrogen-bond donors (Lipinski definition) is 4. The van der Waals surface area contributed by atoms with Crippen LogP contribution in [0.1, 0.15) is 5.56 Å². The topological polar surface area (TPSA) is 109 Å². The summed E-state index contributed by atoms with van der Waals surface area (Å²) in [5, 5.41) is 12.5. The van der Waals surface area contributed by atoms with Gasteiger partial charge >= 0.3 is 6.03 Å². The molecule has 3 rings (SSSR count). The van der Waals surface area contributed by atoms with Crippen LogP contribution >= 0.6 is 0 Å². The van der Waals surface area contributed by atoms with Crippen LogP contribution in [-0.4, -0.2) is 21.2 Å². The minimum absolute atomic E-state index is 0.211. The van der Waals surface area contributed by atoms with E-state index in [1.54, 1.807) is 18.2 Å².